The third kappa shape index (κ3) is 3.64. The second-order valence-corrected chi connectivity index (χ2v) is 8.34. The lowest BCUT2D eigenvalue weighted by Crippen LogP contribution is -1.96. The molecule has 2 heterocycles. The van der Waals surface area contributed by atoms with E-state index in [2.05, 4.69) is 12.1 Å². The average molecular weight is 416 g/mol. The maximum absolute atomic E-state index is 6.32. The highest BCUT2D eigenvalue weighted by Gasteiger charge is 2.21. The predicted octanol–water partition coefficient (Wildman–Crippen LogP) is 7.50. The summed E-state index contributed by atoms with van der Waals surface area (Å²) >= 11 is 8.22. The van der Waals surface area contributed by atoms with Crippen molar-refractivity contribution in [3.05, 3.63) is 94.6 Å². The number of ether oxygens (including phenoxy) is 1. The minimum absolute atomic E-state index is 0.739. The van der Waals surface area contributed by atoms with Gasteiger partial charge in [-0.2, -0.15) is 0 Å². The summed E-state index contributed by atoms with van der Waals surface area (Å²) in [6, 6.07) is 23.8. The Bertz CT molecular complexity index is 1220. The van der Waals surface area contributed by atoms with Gasteiger partial charge in [-0.3, -0.25) is 0 Å². The van der Waals surface area contributed by atoms with Crippen molar-refractivity contribution in [3.8, 4) is 11.5 Å². The van der Waals surface area contributed by atoms with Gasteiger partial charge in [0.25, 0.3) is 0 Å². The molecular weight excluding hydrogens is 398 g/mol. The fourth-order valence-corrected chi connectivity index (χ4v) is 4.97. The third-order valence-electron chi connectivity index (χ3n) is 4.95. The van der Waals surface area contributed by atoms with Crippen LogP contribution in [0.3, 0.4) is 0 Å². The molecule has 0 unspecified atom stereocenters. The van der Waals surface area contributed by atoms with Crippen molar-refractivity contribution in [1.82, 2.24) is 4.98 Å². The van der Waals surface area contributed by atoms with Crippen LogP contribution in [0.15, 0.2) is 77.7 Å². The molecule has 1 aliphatic heterocycles. The molecule has 0 bridgehead atoms. The first kappa shape index (κ1) is 18.3. The molecule has 0 atom stereocenters. The summed E-state index contributed by atoms with van der Waals surface area (Å²) < 4.78 is 6.17. The van der Waals surface area contributed by atoms with Crippen molar-refractivity contribution in [2.45, 2.75) is 11.3 Å². The zero-order chi connectivity index (χ0) is 19.6. The van der Waals surface area contributed by atoms with E-state index in [0.717, 1.165) is 50.9 Å². The van der Waals surface area contributed by atoms with E-state index in [0.29, 0.717) is 0 Å². The van der Waals surface area contributed by atoms with E-state index >= 15 is 0 Å². The van der Waals surface area contributed by atoms with Crippen molar-refractivity contribution >= 4 is 46.4 Å². The van der Waals surface area contributed by atoms with E-state index in [1.54, 1.807) is 0 Å². The minimum atomic E-state index is 0.739. The van der Waals surface area contributed by atoms with Crippen molar-refractivity contribution < 1.29 is 4.74 Å². The molecule has 0 radical (unpaired) electrons. The summed E-state index contributed by atoms with van der Waals surface area (Å²) in [6.45, 7) is 0. The van der Waals surface area contributed by atoms with Gasteiger partial charge in [0.2, 0.25) is 0 Å². The molecule has 142 valence electrons. The molecule has 0 saturated carbocycles. The van der Waals surface area contributed by atoms with Gasteiger partial charge < -0.3 is 4.74 Å². The second kappa shape index (κ2) is 7.94. The summed E-state index contributed by atoms with van der Waals surface area (Å²) in [7, 11) is 0. The van der Waals surface area contributed by atoms with Gasteiger partial charge in [0.05, 0.1) is 5.69 Å². The lowest BCUT2D eigenvalue weighted by Gasteiger charge is -2.12. The summed E-state index contributed by atoms with van der Waals surface area (Å²) in [5, 5.41) is 1.90. The van der Waals surface area contributed by atoms with E-state index in [1.165, 1.54) is 10.5 Å². The molecular formula is C25H18ClNOS. The molecule has 0 spiro atoms. The molecule has 1 aromatic heterocycles. The quantitative estimate of drug-likeness (QED) is 0.344. The van der Waals surface area contributed by atoms with E-state index in [4.69, 9.17) is 21.3 Å². The summed E-state index contributed by atoms with van der Waals surface area (Å²) in [5.41, 5.74) is 4.18. The zero-order valence-electron chi connectivity index (χ0n) is 15.6. The Morgan fingerprint density at radius 1 is 0.897 bits per heavy atom. The van der Waals surface area contributed by atoms with Gasteiger partial charge in [-0.25, -0.2) is 4.98 Å². The Morgan fingerprint density at radius 2 is 1.72 bits per heavy atom. The summed E-state index contributed by atoms with van der Waals surface area (Å²) in [6.07, 6.45) is 5.14. The molecule has 0 aliphatic carbocycles. The summed E-state index contributed by atoms with van der Waals surface area (Å²) in [5.74, 6) is 2.66. The second-order valence-electron chi connectivity index (χ2n) is 6.83. The number of thioether (sulfide) groups is 1. The highest BCUT2D eigenvalue weighted by Crippen LogP contribution is 2.42. The topological polar surface area (TPSA) is 22.1 Å². The van der Waals surface area contributed by atoms with Crippen LogP contribution in [0.1, 0.15) is 16.8 Å². The first-order valence-electron chi connectivity index (χ1n) is 9.53. The van der Waals surface area contributed by atoms with Gasteiger partial charge in [0.1, 0.15) is 11.3 Å². The maximum Gasteiger partial charge on any atom is 0.153 e. The first-order valence-corrected chi connectivity index (χ1v) is 10.9. The predicted molar refractivity (Wildman–Crippen MR) is 123 cm³/mol. The number of hydrogen-bond acceptors (Lipinski definition) is 3. The first-order chi connectivity index (χ1) is 14.3. The number of pyridine rings is 1. The molecule has 5 rings (SSSR count). The molecule has 4 aromatic rings. The van der Waals surface area contributed by atoms with E-state index in [9.17, 15) is 0 Å². The Balaban J connectivity index is 1.63. The van der Waals surface area contributed by atoms with Gasteiger partial charge in [0.15, 0.2) is 5.75 Å². The largest absolute Gasteiger partial charge is 0.455 e. The molecule has 0 amide bonds. The number of benzene rings is 3. The Kier molecular flexibility index (Phi) is 5.01. The number of rotatable bonds is 4. The number of nitrogens with zero attached hydrogens (tertiary/aromatic N) is 1. The molecule has 1 aliphatic rings. The van der Waals surface area contributed by atoms with Crippen molar-refractivity contribution in [3.63, 3.8) is 0 Å². The molecule has 29 heavy (non-hydrogen) atoms. The van der Waals surface area contributed by atoms with Crippen molar-refractivity contribution in [2.24, 2.45) is 0 Å². The van der Waals surface area contributed by atoms with Gasteiger partial charge in [0, 0.05) is 21.1 Å². The Labute approximate surface area is 179 Å². The van der Waals surface area contributed by atoms with Crippen LogP contribution in [-0.4, -0.2) is 10.7 Å². The SMILES string of the molecule is Clc1ccccc1C=Cc1nc2c(Oc3ccccc3)cccc2c2c1CCS2. The average Bonchev–Trinajstić information content (AvgIpc) is 3.25. The van der Waals surface area contributed by atoms with Gasteiger partial charge in [-0.15, -0.1) is 11.8 Å². The minimum Gasteiger partial charge on any atom is -0.455 e. The lowest BCUT2D eigenvalue weighted by molar-refractivity contribution is 0.487. The fraction of sp³-hybridized carbons (Fsp3) is 0.0800. The normalized spacial score (nSPS) is 13.1. The number of fused-ring (bicyclic) bond motifs is 3. The van der Waals surface area contributed by atoms with Crippen LogP contribution in [0, 0.1) is 0 Å². The van der Waals surface area contributed by atoms with E-state index in [1.807, 2.05) is 84.6 Å². The van der Waals surface area contributed by atoms with Gasteiger partial charge in [-0.1, -0.05) is 66.2 Å². The molecule has 0 fully saturated rings. The number of hydrogen-bond donors (Lipinski definition) is 0. The molecule has 3 aromatic carbocycles. The third-order valence-corrected chi connectivity index (χ3v) is 6.46. The van der Waals surface area contributed by atoms with Crippen LogP contribution >= 0.6 is 23.4 Å². The highest BCUT2D eigenvalue weighted by molar-refractivity contribution is 7.99. The lowest BCUT2D eigenvalue weighted by atomic mass is 10.1. The highest BCUT2D eigenvalue weighted by atomic mass is 35.5. The standard InChI is InChI=1S/C25H18ClNOS/c26-21-11-5-4-7-17(21)13-14-22-19-15-16-29-25(19)20-10-6-12-23(24(20)27-22)28-18-8-2-1-3-9-18/h1-14H,15-16H2. The zero-order valence-corrected chi connectivity index (χ0v) is 17.2. The van der Waals surface area contributed by atoms with Crippen LogP contribution in [0.5, 0.6) is 11.5 Å². The maximum atomic E-state index is 6.32. The fourth-order valence-electron chi connectivity index (χ4n) is 3.56. The van der Waals surface area contributed by atoms with Crippen molar-refractivity contribution in [1.29, 1.82) is 0 Å². The van der Waals surface area contributed by atoms with Crippen molar-refractivity contribution in [2.75, 3.05) is 5.75 Å². The van der Waals surface area contributed by atoms with Gasteiger partial charge in [-0.05, 0) is 47.9 Å². The molecule has 0 saturated heterocycles. The smallest absolute Gasteiger partial charge is 0.153 e. The van der Waals surface area contributed by atoms with Crippen LogP contribution in [0.2, 0.25) is 5.02 Å². The number of para-hydroxylation sites is 2. The Morgan fingerprint density at radius 3 is 2.59 bits per heavy atom. The van der Waals surface area contributed by atoms with E-state index in [-0.39, 0.29) is 0 Å². The van der Waals surface area contributed by atoms with Crippen LogP contribution in [-0.2, 0) is 6.42 Å². The van der Waals surface area contributed by atoms with Crippen LogP contribution in [0.4, 0.5) is 0 Å². The van der Waals surface area contributed by atoms with E-state index < -0.39 is 0 Å². The van der Waals surface area contributed by atoms with Crippen LogP contribution in [0.25, 0.3) is 23.1 Å². The van der Waals surface area contributed by atoms with Crippen LogP contribution < -0.4 is 4.74 Å². The molecule has 2 nitrogen and oxygen atoms in total. The molecule has 0 N–H and O–H groups in total. The Hall–Kier alpha value is -2.75. The van der Waals surface area contributed by atoms with Gasteiger partial charge >= 0.3 is 0 Å². The number of halogens is 1. The summed E-state index contributed by atoms with van der Waals surface area (Å²) in [4.78, 5) is 6.33. The number of aromatic nitrogens is 1. The molecule has 4 heteroatoms. The monoisotopic (exact) mass is 415 g/mol.